The zero-order chi connectivity index (χ0) is 40.0. The van der Waals surface area contributed by atoms with Crippen molar-refractivity contribution in [2.75, 3.05) is 0 Å². The Morgan fingerprint density at radius 2 is 0.393 bits per heavy atom. The molecule has 0 fully saturated rings. The van der Waals surface area contributed by atoms with Crippen LogP contribution in [0.2, 0.25) is 103 Å². The predicted molar refractivity (Wildman–Crippen MR) is 283 cm³/mol. The van der Waals surface area contributed by atoms with Gasteiger partial charge in [-0.2, -0.15) is 0 Å². The SMILES string of the molecule is C.C.C.C.C.C.C.C.CCC(C)(C[Si](C)(C)C)C(C)=O.CCC(C)(C[Si](C)(C)C)C(C)=O.CCC(C)(C[Si](C)(C)C)C(C)=O.CCC(C)(C[Si](C)(C)C)C(C)=O. The smallest absolute Gasteiger partial charge is 0.135 e. The van der Waals surface area contributed by atoms with Crippen molar-refractivity contribution in [3.8, 4) is 0 Å². The van der Waals surface area contributed by atoms with Gasteiger partial charge in [-0.25, -0.2) is 0 Å². The lowest BCUT2D eigenvalue weighted by atomic mass is 9.86. The fourth-order valence-electron chi connectivity index (χ4n) is 6.68. The molecule has 0 aromatic rings. The molecule has 4 nitrogen and oxygen atoms in total. The molecule has 0 bridgehead atoms. The van der Waals surface area contributed by atoms with Crippen molar-refractivity contribution in [3.63, 3.8) is 0 Å². The summed E-state index contributed by atoms with van der Waals surface area (Å²) in [5.41, 5.74) is -0.204. The van der Waals surface area contributed by atoms with Gasteiger partial charge in [0.25, 0.3) is 0 Å². The quantitative estimate of drug-likeness (QED) is 0.145. The van der Waals surface area contributed by atoms with Crippen LogP contribution in [-0.2, 0) is 19.2 Å². The molecule has 0 aliphatic heterocycles. The summed E-state index contributed by atoms with van der Waals surface area (Å²) in [5.74, 6) is 1.42. The molecule has 0 rings (SSSR count). The van der Waals surface area contributed by atoms with Gasteiger partial charge < -0.3 is 0 Å². The molecule has 4 unspecified atom stereocenters. The molecule has 0 aliphatic carbocycles. The molecule has 0 spiro atoms. The van der Waals surface area contributed by atoms with E-state index in [-0.39, 0.29) is 81.1 Å². The number of rotatable bonds is 16. The summed E-state index contributed by atoms with van der Waals surface area (Å²) in [6.07, 6.45) is 3.92. The fraction of sp³-hybridized carbons (Fsp3) is 0.917. The molecule has 0 N–H and O–H groups in total. The average Bonchev–Trinajstić information content (AvgIpc) is 2.85. The maximum absolute atomic E-state index is 11.4. The Morgan fingerprint density at radius 3 is 0.411 bits per heavy atom. The Kier molecular flexibility index (Phi) is 53.4. The van der Waals surface area contributed by atoms with Crippen molar-refractivity contribution < 1.29 is 19.2 Å². The van der Waals surface area contributed by atoms with Gasteiger partial charge in [0.1, 0.15) is 23.1 Å². The summed E-state index contributed by atoms with van der Waals surface area (Å²) in [6.45, 7) is 51.7. The van der Waals surface area contributed by atoms with Crippen molar-refractivity contribution >= 4 is 55.4 Å². The second kappa shape index (κ2) is 34.3. The molecule has 56 heavy (non-hydrogen) atoms. The van der Waals surface area contributed by atoms with Crippen molar-refractivity contribution in [1.29, 1.82) is 0 Å². The summed E-state index contributed by atoms with van der Waals surface area (Å²) < 4.78 is 0. The molecule has 4 atom stereocenters. The van der Waals surface area contributed by atoms with Gasteiger partial charge in [-0.3, -0.25) is 19.2 Å². The van der Waals surface area contributed by atoms with Crippen LogP contribution < -0.4 is 0 Å². The minimum atomic E-state index is -1.10. The van der Waals surface area contributed by atoms with Crippen LogP contribution in [0.3, 0.4) is 0 Å². The van der Waals surface area contributed by atoms with Crippen LogP contribution in [0.5, 0.6) is 0 Å². The minimum Gasteiger partial charge on any atom is -0.299 e. The molecule has 0 aromatic heterocycles. The van der Waals surface area contributed by atoms with Crippen molar-refractivity contribution in [2.45, 2.75) is 271 Å². The van der Waals surface area contributed by atoms with E-state index in [1.54, 1.807) is 27.7 Å². The van der Waals surface area contributed by atoms with Crippen LogP contribution in [0, 0.1) is 21.7 Å². The first-order valence-corrected chi connectivity index (χ1v) is 33.7. The van der Waals surface area contributed by atoms with Crippen LogP contribution in [0.4, 0.5) is 0 Å². The monoisotopic (exact) mass is 873 g/mol. The first-order valence-electron chi connectivity index (χ1n) is 18.9. The number of ketones is 4. The van der Waals surface area contributed by atoms with Crippen LogP contribution in [0.25, 0.3) is 0 Å². The van der Waals surface area contributed by atoms with E-state index in [1.165, 1.54) is 0 Å². The van der Waals surface area contributed by atoms with Crippen LogP contribution in [-0.4, -0.2) is 55.4 Å². The van der Waals surface area contributed by atoms with E-state index >= 15 is 0 Å². The van der Waals surface area contributed by atoms with Crippen molar-refractivity contribution in [2.24, 2.45) is 21.7 Å². The highest BCUT2D eigenvalue weighted by atomic mass is 28.3. The van der Waals surface area contributed by atoms with E-state index in [2.05, 4.69) is 134 Å². The first kappa shape index (κ1) is 87.2. The lowest BCUT2D eigenvalue weighted by Crippen LogP contribution is -2.34. The Hall–Kier alpha value is -0.452. The van der Waals surface area contributed by atoms with Gasteiger partial charge in [0.2, 0.25) is 0 Å². The zero-order valence-electron chi connectivity index (χ0n) is 37.3. The Morgan fingerprint density at radius 1 is 0.304 bits per heavy atom. The topological polar surface area (TPSA) is 68.3 Å². The Labute approximate surface area is 365 Å². The molecule has 0 heterocycles. The predicted octanol–water partition coefficient (Wildman–Crippen LogP) is 18.4. The van der Waals surface area contributed by atoms with Gasteiger partial charge in [0.05, 0.1) is 0 Å². The molecule has 0 saturated carbocycles. The van der Waals surface area contributed by atoms with Crippen LogP contribution in [0.15, 0.2) is 0 Å². The van der Waals surface area contributed by atoms with E-state index in [9.17, 15) is 19.2 Å². The fourth-order valence-corrected chi connectivity index (χ4v) is 18.0. The summed E-state index contributed by atoms with van der Waals surface area (Å²) in [7, 11) is -4.39. The number of hydrogen-bond donors (Lipinski definition) is 0. The molecular formula is C48H120O4Si4. The summed E-state index contributed by atoms with van der Waals surface area (Å²) in [5, 5.41) is 0. The normalized spacial score (nSPS) is 14.7. The lowest BCUT2D eigenvalue weighted by molar-refractivity contribution is -0.125. The number of hydrogen-bond acceptors (Lipinski definition) is 4. The minimum absolute atomic E-state index is 0. The highest BCUT2D eigenvalue weighted by Gasteiger charge is 2.35. The molecule has 0 aliphatic rings. The average molecular weight is 874 g/mol. The van der Waals surface area contributed by atoms with Gasteiger partial charge >= 0.3 is 0 Å². The van der Waals surface area contributed by atoms with Crippen LogP contribution >= 0.6 is 0 Å². The largest absolute Gasteiger partial charge is 0.299 e. The molecule has 0 aromatic carbocycles. The third kappa shape index (κ3) is 41.7. The van der Waals surface area contributed by atoms with E-state index in [0.29, 0.717) is 23.1 Å². The molecule has 0 amide bonds. The number of carbonyl (C=O) groups excluding carboxylic acids is 4. The maximum Gasteiger partial charge on any atom is 0.135 e. The molecule has 8 heteroatoms. The lowest BCUT2D eigenvalue weighted by Gasteiger charge is -2.31. The summed E-state index contributed by atoms with van der Waals surface area (Å²) in [4.78, 5) is 45.6. The van der Waals surface area contributed by atoms with Gasteiger partial charge in [-0.15, -0.1) is 0 Å². The molecule has 352 valence electrons. The van der Waals surface area contributed by atoms with Crippen molar-refractivity contribution in [3.05, 3.63) is 0 Å². The van der Waals surface area contributed by atoms with Crippen molar-refractivity contribution in [1.82, 2.24) is 0 Å². The third-order valence-electron chi connectivity index (χ3n) is 10.2. The maximum atomic E-state index is 11.4. The number of carbonyl (C=O) groups is 4. The molecule has 0 saturated heterocycles. The van der Waals surface area contributed by atoms with E-state index in [0.717, 1.165) is 49.9 Å². The molecular weight excluding hydrogens is 753 g/mol. The summed E-state index contributed by atoms with van der Waals surface area (Å²) in [6, 6.07) is 4.47. The zero-order valence-corrected chi connectivity index (χ0v) is 41.3. The van der Waals surface area contributed by atoms with Crippen LogP contribution in [0.1, 0.15) is 168 Å². The standard InChI is InChI=1S/4C10H22OSi.8CH4/c4*1-7-10(3,9(2)11)8-12(4,5)6;;;;;;;;/h4*7-8H2,1-6H3;8*1H4. The van der Waals surface area contributed by atoms with Gasteiger partial charge in [0.15, 0.2) is 0 Å². The summed E-state index contributed by atoms with van der Waals surface area (Å²) >= 11 is 0. The molecule has 0 radical (unpaired) electrons. The highest BCUT2D eigenvalue weighted by molar-refractivity contribution is 6.77. The van der Waals surface area contributed by atoms with Gasteiger partial charge in [0, 0.05) is 54.0 Å². The van der Waals surface area contributed by atoms with E-state index in [4.69, 9.17) is 0 Å². The van der Waals surface area contributed by atoms with E-state index in [1.807, 2.05) is 0 Å². The third-order valence-corrected chi connectivity index (χ3v) is 17.6. The number of Topliss-reactive ketones (excluding diaryl/α,β-unsaturated/α-hetero) is 4. The second-order valence-electron chi connectivity index (χ2n) is 20.8. The second-order valence-corrected chi connectivity index (χ2v) is 42.7. The Bertz CT molecular complexity index is 839. The van der Waals surface area contributed by atoms with Gasteiger partial charge in [-0.05, 0) is 77.6 Å². The Balaban J connectivity index is -0.0000000440. The highest BCUT2D eigenvalue weighted by Crippen LogP contribution is 2.35. The first-order chi connectivity index (χ1) is 20.8. The van der Waals surface area contributed by atoms with Gasteiger partial charge in [-0.1, -0.05) is 193 Å². The van der Waals surface area contributed by atoms with E-state index < -0.39 is 32.3 Å².